The van der Waals surface area contributed by atoms with Gasteiger partial charge in [0.25, 0.3) is 5.91 Å². The topological polar surface area (TPSA) is 75.6 Å². The van der Waals surface area contributed by atoms with Gasteiger partial charge in [-0.15, -0.1) is 0 Å². The van der Waals surface area contributed by atoms with E-state index in [1.807, 2.05) is 0 Å². The van der Waals surface area contributed by atoms with Gasteiger partial charge >= 0.3 is 0 Å². The van der Waals surface area contributed by atoms with Crippen LogP contribution in [-0.4, -0.2) is 23.9 Å². The third kappa shape index (κ3) is 3.20. The molecule has 0 aliphatic carbocycles. The van der Waals surface area contributed by atoms with E-state index in [0.717, 1.165) is 0 Å². The number of hydrogen-bond acceptors (Lipinski definition) is 4. The molecule has 0 bridgehead atoms. The van der Waals surface area contributed by atoms with Gasteiger partial charge in [0, 0.05) is 11.6 Å². The van der Waals surface area contributed by atoms with Crippen molar-refractivity contribution in [3.63, 3.8) is 0 Å². The van der Waals surface area contributed by atoms with Gasteiger partial charge in [-0.1, -0.05) is 12.1 Å². The van der Waals surface area contributed by atoms with Gasteiger partial charge in [0.05, 0.1) is 18.4 Å². The highest BCUT2D eigenvalue weighted by atomic mass is 16.5. The number of benzene rings is 2. The van der Waals surface area contributed by atoms with E-state index < -0.39 is 5.91 Å². The average Bonchev–Trinajstić information content (AvgIpc) is 2.47. The van der Waals surface area contributed by atoms with Crippen LogP contribution in [0.2, 0.25) is 0 Å². The molecule has 0 aliphatic heterocycles. The minimum absolute atomic E-state index is 0.106. The molecule has 0 aromatic heterocycles. The van der Waals surface area contributed by atoms with Crippen molar-refractivity contribution in [3.8, 4) is 11.5 Å². The molecular formula is C16H15NO4. The maximum atomic E-state index is 12.2. The first-order valence-electron chi connectivity index (χ1n) is 6.31. The zero-order chi connectivity index (χ0) is 15.4. The molecule has 2 aromatic rings. The van der Waals surface area contributed by atoms with Crippen LogP contribution in [0.5, 0.6) is 11.5 Å². The summed E-state index contributed by atoms with van der Waals surface area (Å²) >= 11 is 0. The van der Waals surface area contributed by atoms with Crippen molar-refractivity contribution in [2.75, 3.05) is 12.4 Å². The zero-order valence-corrected chi connectivity index (χ0v) is 11.7. The van der Waals surface area contributed by atoms with E-state index in [9.17, 15) is 14.7 Å². The van der Waals surface area contributed by atoms with Crippen LogP contribution in [0.25, 0.3) is 0 Å². The zero-order valence-electron chi connectivity index (χ0n) is 11.7. The van der Waals surface area contributed by atoms with Crippen LogP contribution in [0.3, 0.4) is 0 Å². The minimum Gasteiger partial charge on any atom is -0.507 e. The number of ketones is 1. The Bertz CT molecular complexity index is 694. The lowest BCUT2D eigenvalue weighted by Crippen LogP contribution is -2.14. The Hall–Kier alpha value is -2.82. The number of methoxy groups -OCH3 is 1. The Morgan fingerprint density at radius 3 is 2.43 bits per heavy atom. The summed E-state index contributed by atoms with van der Waals surface area (Å²) in [5.74, 6) is -0.381. The minimum atomic E-state index is -0.496. The van der Waals surface area contributed by atoms with Crippen molar-refractivity contribution < 1.29 is 19.4 Å². The molecule has 0 saturated heterocycles. The number of anilines is 1. The fourth-order valence-electron chi connectivity index (χ4n) is 1.92. The summed E-state index contributed by atoms with van der Waals surface area (Å²) in [4.78, 5) is 23.7. The predicted molar refractivity (Wildman–Crippen MR) is 79.1 cm³/mol. The van der Waals surface area contributed by atoms with E-state index in [-0.39, 0.29) is 17.1 Å². The van der Waals surface area contributed by atoms with E-state index in [2.05, 4.69) is 5.32 Å². The first-order chi connectivity index (χ1) is 10.0. The normalized spacial score (nSPS) is 10.0. The molecule has 1 amide bonds. The Morgan fingerprint density at radius 1 is 1.10 bits per heavy atom. The molecule has 2 N–H and O–H groups in total. The van der Waals surface area contributed by atoms with Crippen molar-refractivity contribution in [2.45, 2.75) is 6.92 Å². The first-order valence-corrected chi connectivity index (χ1v) is 6.31. The fraction of sp³-hybridized carbons (Fsp3) is 0.125. The van der Waals surface area contributed by atoms with Crippen LogP contribution in [0.1, 0.15) is 27.6 Å². The predicted octanol–water partition coefficient (Wildman–Crippen LogP) is 2.86. The van der Waals surface area contributed by atoms with Crippen molar-refractivity contribution in [1.82, 2.24) is 0 Å². The SMILES string of the molecule is COc1ccc(C(=O)Nc2ccccc2C(C)=O)c(O)c1. The molecule has 0 radical (unpaired) electrons. The van der Waals surface area contributed by atoms with Crippen LogP contribution in [0.15, 0.2) is 42.5 Å². The standard InChI is InChI=1S/C16H15NO4/c1-10(18)12-5-3-4-6-14(12)17-16(20)13-8-7-11(21-2)9-15(13)19/h3-9,19H,1-2H3,(H,17,20). The number of carbonyl (C=O) groups excluding carboxylic acids is 2. The number of ether oxygens (including phenoxy) is 1. The van der Waals surface area contributed by atoms with Gasteiger partial charge in [0.1, 0.15) is 11.5 Å². The molecule has 0 saturated carbocycles. The Balaban J connectivity index is 2.28. The van der Waals surface area contributed by atoms with E-state index in [1.165, 1.54) is 26.2 Å². The maximum Gasteiger partial charge on any atom is 0.259 e. The Kier molecular flexibility index (Phi) is 4.23. The van der Waals surface area contributed by atoms with Crippen LogP contribution < -0.4 is 10.1 Å². The highest BCUT2D eigenvalue weighted by Crippen LogP contribution is 2.25. The summed E-state index contributed by atoms with van der Waals surface area (Å²) in [5, 5.41) is 12.5. The average molecular weight is 285 g/mol. The lowest BCUT2D eigenvalue weighted by molar-refractivity contribution is 0.101. The second-order valence-electron chi connectivity index (χ2n) is 4.44. The summed E-state index contributed by atoms with van der Waals surface area (Å²) in [7, 11) is 1.47. The van der Waals surface area contributed by atoms with Crippen LogP contribution >= 0.6 is 0 Å². The molecule has 0 aliphatic rings. The van der Waals surface area contributed by atoms with Gasteiger partial charge in [-0.3, -0.25) is 9.59 Å². The highest BCUT2D eigenvalue weighted by Gasteiger charge is 2.14. The summed E-state index contributed by atoms with van der Waals surface area (Å²) < 4.78 is 4.96. The van der Waals surface area contributed by atoms with Crippen molar-refractivity contribution in [2.24, 2.45) is 0 Å². The summed E-state index contributed by atoms with van der Waals surface area (Å²) in [6.07, 6.45) is 0. The van der Waals surface area contributed by atoms with Crippen LogP contribution in [0.4, 0.5) is 5.69 Å². The van der Waals surface area contributed by atoms with Gasteiger partial charge in [-0.05, 0) is 31.2 Å². The largest absolute Gasteiger partial charge is 0.507 e. The van der Waals surface area contributed by atoms with Crippen molar-refractivity contribution in [1.29, 1.82) is 0 Å². The van der Waals surface area contributed by atoms with Gasteiger partial charge in [0.2, 0.25) is 0 Å². The highest BCUT2D eigenvalue weighted by molar-refractivity contribution is 6.10. The molecule has 0 unspecified atom stereocenters. The molecule has 5 heteroatoms. The van der Waals surface area contributed by atoms with Crippen molar-refractivity contribution >= 4 is 17.4 Å². The molecule has 5 nitrogen and oxygen atoms in total. The number of Topliss-reactive ketones (excluding diaryl/α,β-unsaturated/α-hetero) is 1. The van der Waals surface area contributed by atoms with Gasteiger partial charge in [-0.25, -0.2) is 0 Å². The molecule has 2 rings (SSSR count). The molecule has 0 atom stereocenters. The maximum absolute atomic E-state index is 12.2. The second kappa shape index (κ2) is 6.09. The van der Waals surface area contributed by atoms with E-state index in [4.69, 9.17) is 4.74 Å². The number of hydrogen-bond donors (Lipinski definition) is 2. The first kappa shape index (κ1) is 14.6. The third-order valence-corrected chi connectivity index (χ3v) is 3.00. The monoisotopic (exact) mass is 285 g/mol. The molecule has 0 spiro atoms. The Labute approximate surface area is 122 Å². The fourth-order valence-corrected chi connectivity index (χ4v) is 1.92. The number of carbonyl (C=O) groups is 2. The van der Waals surface area contributed by atoms with Crippen molar-refractivity contribution in [3.05, 3.63) is 53.6 Å². The number of phenolic OH excluding ortho intramolecular Hbond substituents is 1. The van der Waals surface area contributed by atoms with Gasteiger partial charge in [0.15, 0.2) is 5.78 Å². The number of phenols is 1. The smallest absolute Gasteiger partial charge is 0.259 e. The number of rotatable bonds is 4. The van der Waals surface area contributed by atoms with Gasteiger partial charge < -0.3 is 15.2 Å². The number of para-hydroxylation sites is 1. The number of nitrogens with one attached hydrogen (secondary N) is 1. The molecule has 108 valence electrons. The summed E-state index contributed by atoms with van der Waals surface area (Å²) in [5.41, 5.74) is 0.929. The van der Waals surface area contributed by atoms with Crippen LogP contribution in [0, 0.1) is 0 Å². The molecular weight excluding hydrogens is 270 g/mol. The molecule has 0 fully saturated rings. The lowest BCUT2D eigenvalue weighted by atomic mass is 10.1. The van der Waals surface area contributed by atoms with Crippen LogP contribution in [-0.2, 0) is 0 Å². The summed E-state index contributed by atoms with van der Waals surface area (Å²) in [6.45, 7) is 1.43. The lowest BCUT2D eigenvalue weighted by Gasteiger charge is -2.10. The number of amides is 1. The molecule has 2 aromatic carbocycles. The Morgan fingerprint density at radius 2 is 1.81 bits per heavy atom. The second-order valence-corrected chi connectivity index (χ2v) is 4.44. The molecule has 0 heterocycles. The van der Waals surface area contributed by atoms with E-state index in [0.29, 0.717) is 17.0 Å². The summed E-state index contributed by atoms with van der Waals surface area (Å²) in [6, 6.07) is 11.1. The molecule has 21 heavy (non-hydrogen) atoms. The quantitative estimate of drug-likeness (QED) is 0.847. The number of aromatic hydroxyl groups is 1. The van der Waals surface area contributed by atoms with Gasteiger partial charge in [-0.2, -0.15) is 0 Å². The third-order valence-electron chi connectivity index (χ3n) is 3.00. The van der Waals surface area contributed by atoms with E-state index >= 15 is 0 Å². The van der Waals surface area contributed by atoms with E-state index in [1.54, 1.807) is 30.3 Å².